The van der Waals surface area contributed by atoms with Crippen LogP contribution in [0.1, 0.15) is 27.3 Å². The summed E-state index contributed by atoms with van der Waals surface area (Å²) in [6.07, 6.45) is 0.822. The molecule has 2 aromatic rings. The number of nitrogens with zero attached hydrogens (tertiary/aromatic N) is 2. The van der Waals surface area contributed by atoms with Crippen molar-refractivity contribution in [1.82, 2.24) is 15.1 Å². The standard InChI is InChI=1S/C14H15N3O2/c18-14(19)13-11-8-15-7-6-12(11)17(16-13)9-10-4-2-1-3-5-10/h1-5,15H,6-9H2,(H,18,19). The number of aromatic nitrogens is 2. The van der Waals surface area contributed by atoms with Gasteiger partial charge in [-0.2, -0.15) is 5.10 Å². The van der Waals surface area contributed by atoms with E-state index in [-0.39, 0.29) is 5.69 Å². The molecule has 2 N–H and O–H groups in total. The van der Waals surface area contributed by atoms with Crippen molar-refractivity contribution in [2.45, 2.75) is 19.5 Å². The number of hydrogen-bond acceptors (Lipinski definition) is 3. The van der Waals surface area contributed by atoms with Gasteiger partial charge < -0.3 is 10.4 Å². The number of nitrogens with one attached hydrogen (secondary N) is 1. The second-order valence-electron chi connectivity index (χ2n) is 4.65. The third-order valence-corrected chi connectivity index (χ3v) is 3.38. The SMILES string of the molecule is O=C(O)c1nn(Cc2ccccc2)c2c1CNCC2. The van der Waals surface area contributed by atoms with Gasteiger partial charge in [0.05, 0.1) is 6.54 Å². The predicted octanol–water partition coefficient (Wildman–Crippen LogP) is 1.28. The fraction of sp³-hybridized carbons (Fsp3) is 0.286. The van der Waals surface area contributed by atoms with Crippen molar-refractivity contribution in [3.63, 3.8) is 0 Å². The molecule has 0 radical (unpaired) electrons. The van der Waals surface area contributed by atoms with Gasteiger partial charge in [0.25, 0.3) is 0 Å². The quantitative estimate of drug-likeness (QED) is 0.869. The fourth-order valence-electron chi connectivity index (χ4n) is 2.48. The molecule has 1 aromatic carbocycles. The summed E-state index contributed by atoms with van der Waals surface area (Å²) in [7, 11) is 0. The van der Waals surface area contributed by atoms with Gasteiger partial charge in [-0.05, 0) is 5.56 Å². The molecule has 2 heterocycles. The molecule has 0 fully saturated rings. The third kappa shape index (κ3) is 2.24. The Balaban J connectivity index is 1.99. The Labute approximate surface area is 110 Å². The maximum Gasteiger partial charge on any atom is 0.356 e. The molecule has 1 aromatic heterocycles. The molecule has 0 saturated heterocycles. The van der Waals surface area contributed by atoms with E-state index in [4.69, 9.17) is 0 Å². The maximum absolute atomic E-state index is 11.2. The summed E-state index contributed by atoms with van der Waals surface area (Å²) in [5, 5.41) is 16.7. The average molecular weight is 257 g/mol. The number of hydrogen-bond donors (Lipinski definition) is 2. The number of rotatable bonds is 3. The zero-order valence-corrected chi connectivity index (χ0v) is 10.5. The van der Waals surface area contributed by atoms with Crippen molar-refractivity contribution in [1.29, 1.82) is 0 Å². The summed E-state index contributed by atoms with van der Waals surface area (Å²) in [5.41, 5.74) is 3.18. The van der Waals surface area contributed by atoms with E-state index in [9.17, 15) is 9.90 Å². The van der Waals surface area contributed by atoms with Crippen molar-refractivity contribution in [2.24, 2.45) is 0 Å². The Morgan fingerprint density at radius 2 is 2.16 bits per heavy atom. The number of aromatic carboxylic acids is 1. The number of carboxylic acids is 1. The number of carbonyl (C=O) groups is 1. The lowest BCUT2D eigenvalue weighted by atomic mass is 10.1. The van der Waals surface area contributed by atoms with Crippen molar-refractivity contribution in [3.05, 3.63) is 52.8 Å². The normalized spacial score (nSPS) is 14.1. The van der Waals surface area contributed by atoms with Crippen molar-refractivity contribution in [2.75, 3.05) is 6.54 Å². The Kier molecular flexibility index (Phi) is 3.05. The first-order valence-electron chi connectivity index (χ1n) is 6.32. The van der Waals surface area contributed by atoms with Crippen LogP contribution in [0.4, 0.5) is 0 Å². The lowest BCUT2D eigenvalue weighted by Crippen LogP contribution is -2.25. The molecular formula is C14H15N3O2. The van der Waals surface area contributed by atoms with Crippen molar-refractivity contribution >= 4 is 5.97 Å². The lowest BCUT2D eigenvalue weighted by Gasteiger charge is -2.15. The third-order valence-electron chi connectivity index (χ3n) is 3.38. The zero-order chi connectivity index (χ0) is 13.2. The minimum Gasteiger partial charge on any atom is -0.476 e. The van der Waals surface area contributed by atoms with Gasteiger partial charge in [0.2, 0.25) is 0 Å². The molecule has 1 aliphatic rings. The summed E-state index contributed by atoms with van der Waals surface area (Å²) in [5.74, 6) is -0.952. The van der Waals surface area contributed by atoms with E-state index in [1.54, 1.807) is 0 Å². The second-order valence-corrected chi connectivity index (χ2v) is 4.65. The first-order chi connectivity index (χ1) is 9.25. The molecule has 0 bridgehead atoms. The van der Waals surface area contributed by atoms with E-state index in [1.807, 2.05) is 35.0 Å². The van der Waals surface area contributed by atoms with Crippen molar-refractivity contribution < 1.29 is 9.90 Å². The van der Waals surface area contributed by atoms with Crippen LogP contribution in [0.5, 0.6) is 0 Å². The van der Waals surface area contributed by atoms with E-state index >= 15 is 0 Å². The average Bonchev–Trinajstić information content (AvgIpc) is 2.79. The molecule has 5 heteroatoms. The van der Waals surface area contributed by atoms with Crippen LogP contribution in [0.2, 0.25) is 0 Å². The van der Waals surface area contributed by atoms with E-state index in [0.717, 1.165) is 29.8 Å². The van der Waals surface area contributed by atoms with E-state index < -0.39 is 5.97 Å². The molecular weight excluding hydrogens is 242 g/mol. The van der Waals surface area contributed by atoms with E-state index in [1.165, 1.54) is 0 Å². The van der Waals surface area contributed by atoms with Gasteiger partial charge in [0, 0.05) is 30.8 Å². The smallest absolute Gasteiger partial charge is 0.356 e. The van der Waals surface area contributed by atoms with Gasteiger partial charge in [-0.1, -0.05) is 30.3 Å². The Bertz CT molecular complexity index is 605. The van der Waals surface area contributed by atoms with Gasteiger partial charge >= 0.3 is 5.97 Å². The summed E-state index contributed by atoms with van der Waals surface area (Å²) in [4.78, 5) is 11.2. The van der Waals surface area contributed by atoms with Crippen LogP contribution in [0.3, 0.4) is 0 Å². The highest BCUT2D eigenvalue weighted by Gasteiger charge is 2.24. The topological polar surface area (TPSA) is 67.1 Å². The van der Waals surface area contributed by atoms with Gasteiger partial charge in [-0.25, -0.2) is 4.79 Å². The molecule has 0 unspecified atom stereocenters. The highest BCUT2D eigenvalue weighted by atomic mass is 16.4. The largest absolute Gasteiger partial charge is 0.476 e. The molecule has 0 spiro atoms. The van der Waals surface area contributed by atoms with Gasteiger partial charge in [-0.15, -0.1) is 0 Å². The van der Waals surface area contributed by atoms with Crippen LogP contribution in [0.15, 0.2) is 30.3 Å². The molecule has 0 atom stereocenters. The van der Waals surface area contributed by atoms with Crippen molar-refractivity contribution in [3.8, 4) is 0 Å². The van der Waals surface area contributed by atoms with Crippen LogP contribution in [0.25, 0.3) is 0 Å². The Hall–Kier alpha value is -2.14. The molecule has 1 aliphatic heterocycles. The first-order valence-corrected chi connectivity index (χ1v) is 6.32. The molecule has 19 heavy (non-hydrogen) atoms. The highest BCUT2D eigenvalue weighted by Crippen LogP contribution is 2.19. The fourth-order valence-corrected chi connectivity index (χ4v) is 2.48. The van der Waals surface area contributed by atoms with Crippen LogP contribution in [-0.2, 0) is 19.5 Å². The minimum atomic E-state index is -0.952. The zero-order valence-electron chi connectivity index (χ0n) is 10.5. The molecule has 98 valence electrons. The number of benzene rings is 1. The summed E-state index contributed by atoms with van der Waals surface area (Å²) < 4.78 is 1.83. The summed E-state index contributed by atoms with van der Waals surface area (Å²) in [6.45, 7) is 2.08. The van der Waals surface area contributed by atoms with Gasteiger partial charge in [0.15, 0.2) is 5.69 Å². The van der Waals surface area contributed by atoms with Crippen LogP contribution in [-0.4, -0.2) is 27.4 Å². The molecule has 0 amide bonds. The summed E-state index contributed by atoms with van der Waals surface area (Å²) >= 11 is 0. The maximum atomic E-state index is 11.2. The Morgan fingerprint density at radius 3 is 2.89 bits per heavy atom. The minimum absolute atomic E-state index is 0.179. The second kappa shape index (κ2) is 4.85. The molecule has 0 aliphatic carbocycles. The van der Waals surface area contributed by atoms with Crippen LogP contribution >= 0.6 is 0 Å². The predicted molar refractivity (Wildman–Crippen MR) is 70.1 cm³/mol. The van der Waals surface area contributed by atoms with Crippen LogP contribution < -0.4 is 5.32 Å². The molecule has 0 saturated carbocycles. The Morgan fingerprint density at radius 1 is 1.37 bits per heavy atom. The molecule has 5 nitrogen and oxygen atoms in total. The van der Waals surface area contributed by atoms with Crippen LogP contribution in [0, 0.1) is 0 Å². The summed E-state index contributed by atoms with van der Waals surface area (Å²) in [6, 6.07) is 9.97. The molecule has 3 rings (SSSR count). The van der Waals surface area contributed by atoms with Gasteiger partial charge in [-0.3, -0.25) is 4.68 Å². The van der Waals surface area contributed by atoms with Gasteiger partial charge in [0.1, 0.15) is 0 Å². The number of fused-ring (bicyclic) bond motifs is 1. The van der Waals surface area contributed by atoms with E-state index in [0.29, 0.717) is 13.1 Å². The highest BCUT2D eigenvalue weighted by molar-refractivity contribution is 5.87. The van der Waals surface area contributed by atoms with E-state index in [2.05, 4.69) is 10.4 Å². The first kappa shape index (κ1) is 11.9. The lowest BCUT2D eigenvalue weighted by molar-refractivity contribution is 0.0688. The number of carboxylic acid groups (broad SMARTS) is 1. The monoisotopic (exact) mass is 257 g/mol.